The second-order valence-electron chi connectivity index (χ2n) is 4.56. The lowest BCUT2D eigenvalue weighted by molar-refractivity contribution is 0.103. The van der Waals surface area contributed by atoms with Crippen molar-refractivity contribution in [1.82, 2.24) is 0 Å². The second kappa shape index (κ2) is 6.78. The van der Waals surface area contributed by atoms with Crippen LogP contribution in [0.1, 0.15) is 15.9 Å². The Morgan fingerprint density at radius 1 is 0.826 bits per heavy atom. The molecule has 7 heteroatoms. The highest BCUT2D eigenvalue weighted by Crippen LogP contribution is 2.38. The summed E-state index contributed by atoms with van der Waals surface area (Å²) < 4.78 is 15.8. The van der Waals surface area contributed by atoms with E-state index >= 15 is 0 Å². The van der Waals surface area contributed by atoms with E-state index in [1.807, 2.05) is 0 Å². The molecule has 0 amide bonds. The lowest BCUT2D eigenvalue weighted by Crippen LogP contribution is -2.05. The number of halogens is 1. The number of ether oxygens (including phenoxy) is 3. The van der Waals surface area contributed by atoms with E-state index in [-0.39, 0.29) is 28.4 Å². The summed E-state index contributed by atoms with van der Waals surface area (Å²) in [5.74, 6) is -0.146. The fraction of sp³-hybridized carbons (Fsp3) is 0.188. The SMILES string of the molecule is COc1cc(C(=O)c2cc(OC)c(OC)cc2Br)c(O)cc1O. The topological polar surface area (TPSA) is 85.2 Å². The normalized spacial score (nSPS) is 10.3. The van der Waals surface area contributed by atoms with Gasteiger partial charge in [-0.05, 0) is 34.1 Å². The van der Waals surface area contributed by atoms with Gasteiger partial charge >= 0.3 is 0 Å². The molecule has 2 aromatic carbocycles. The van der Waals surface area contributed by atoms with Crippen molar-refractivity contribution in [2.24, 2.45) is 0 Å². The number of hydrogen-bond acceptors (Lipinski definition) is 6. The molecule has 122 valence electrons. The molecule has 23 heavy (non-hydrogen) atoms. The second-order valence-corrected chi connectivity index (χ2v) is 5.41. The standard InChI is InChI=1S/C16H15BrO6/c1-21-13-5-9(11(18)7-12(13)19)16(20)8-4-14(22-2)15(23-3)6-10(8)17/h4-7,18-19H,1-3H3. The molecule has 0 radical (unpaired) electrons. The van der Waals surface area contributed by atoms with Crippen LogP contribution in [0.3, 0.4) is 0 Å². The van der Waals surface area contributed by atoms with Crippen molar-refractivity contribution in [3.05, 3.63) is 39.9 Å². The fourth-order valence-electron chi connectivity index (χ4n) is 2.08. The van der Waals surface area contributed by atoms with E-state index in [0.29, 0.717) is 16.0 Å². The quantitative estimate of drug-likeness (QED) is 0.772. The Kier molecular flexibility index (Phi) is 5.00. The van der Waals surface area contributed by atoms with Gasteiger partial charge in [0.1, 0.15) is 5.75 Å². The molecule has 0 aliphatic heterocycles. The summed E-state index contributed by atoms with van der Waals surface area (Å²) in [5.41, 5.74) is 0.262. The van der Waals surface area contributed by atoms with Gasteiger partial charge in [0.2, 0.25) is 0 Å². The predicted molar refractivity (Wildman–Crippen MR) is 87.0 cm³/mol. The number of carbonyl (C=O) groups excluding carboxylic acids is 1. The average Bonchev–Trinajstić information content (AvgIpc) is 2.54. The molecule has 0 saturated carbocycles. The Labute approximate surface area is 141 Å². The van der Waals surface area contributed by atoms with E-state index in [4.69, 9.17) is 14.2 Å². The Morgan fingerprint density at radius 2 is 1.35 bits per heavy atom. The molecular formula is C16H15BrO6. The van der Waals surface area contributed by atoms with Gasteiger partial charge in [-0.3, -0.25) is 4.79 Å². The van der Waals surface area contributed by atoms with Crippen molar-refractivity contribution in [1.29, 1.82) is 0 Å². The highest BCUT2D eigenvalue weighted by Gasteiger charge is 2.21. The molecule has 2 N–H and O–H groups in total. The van der Waals surface area contributed by atoms with Gasteiger partial charge in [-0.15, -0.1) is 0 Å². The molecule has 0 atom stereocenters. The van der Waals surface area contributed by atoms with Crippen molar-refractivity contribution in [3.8, 4) is 28.7 Å². The first-order valence-electron chi connectivity index (χ1n) is 6.49. The van der Waals surface area contributed by atoms with Crippen LogP contribution >= 0.6 is 15.9 Å². The summed E-state index contributed by atoms with van der Waals surface area (Å²) in [6.45, 7) is 0. The number of methoxy groups -OCH3 is 3. The van der Waals surface area contributed by atoms with E-state index in [9.17, 15) is 15.0 Å². The highest BCUT2D eigenvalue weighted by molar-refractivity contribution is 9.10. The summed E-state index contributed by atoms with van der Waals surface area (Å²) in [7, 11) is 4.30. The Morgan fingerprint density at radius 3 is 1.91 bits per heavy atom. The number of hydrogen-bond donors (Lipinski definition) is 2. The average molecular weight is 383 g/mol. The van der Waals surface area contributed by atoms with Gasteiger partial charge < -0.3 is 24.4 Å². The molecule has 0 fully saturated rings. The molecule has 0 unspecified atom stereocenters. The maximum absolute atomic E-state index is 12.7. The van der Waals surface area contributed by atoms with Gasteiger partial charge in [-0.2, -0.15) is 0 Å². The molecule has 0 aromatic heterocycles. The van der Waals surface area contributed by atoms with Crippen LogP contribution in [0.25, 0.3) is 0 Å². The molecule has 0 spiro atoms. The van der Waals surface area contributed by atoms with Crippen LogP contribution in [0.2, 0.25) is 0 Å². The zero-order valence-corrected chi connectivity index (χ0v) is 14.3. The zero-order valence-electron chi connectivity index (χ0n) is 12.7. The van der Waals surface area contributed by atoms with E-state index in [1.54, 1.807) is 6.07 Å². The molecule has 0 saturated heterocycles. The minimum absolute atomic E-state index is 0.00688. The van der Waals surface area contributed by atoms with Crippen LogP contribution < -0.4 is 14.2 Å². The number of carbonyl (C=O) groups is 1. The molecule has 0 aliphatic rings. The van der Waals surface area contributed by atoms with E-state index in [0.717, 1.165) is 6.07 Å². The van der Waals surface area contributed by atoms with Crippen LogP contribution in [0.4, 0.5) is 0 Å². The summed E-state index contributed by atoms with van der Waals surface area (Å²) >= 11 is 3.31. The van der Waals surface area contributed by atoms with Crippen molar-refractivity contribution in [2.75, 3.05) is 21.3 Å². The number of rotatable bonds is 5. The zero-order chi connectivity index (χ0) is 17.1. The minimum atomic E-state index is -0.464. The number of phenols is 2. The molecule has 0 aliphatic carbocycles. The maximum Gasteiger partial charge on any atom is 0.198 e. The molecule has 2 rings (SSSR count). The first-order valence-corrected chi connectivity index (χ1v) is 7.28. The number of benzene rings is 2. The lowest BCUT2D eigenvalue weighted by Gasteiger charge is -2.13. The van der Waals surface area contributed by atoms with Crippen LogP contribution in [0.5, 0.6) is 28.7 Å². The van der Waals surface area contributed by atoms with Gasteiger partial charge in [0.15, 0.2) is 28.8 Å². The predicted octanol–water partition coefficient (Wildman–Crippen LogP) is 3.12. The van der Waals surface area contributed by atoms with Gasteiger partial charge in [-0.1, -0.05) is 0 Å². The number of ketones is 1. The third-order valence-corrected chi connectivity index (χ3v) is 3.92. The van der Waals surface area contributed by atoms with Crippen molar-refractivity contribution in [3.63, 3.8) is 0 Å². The van der Waals surface area contributed by atoms with Crippen LogP contribution in [0, 0.1) is 0 Å². The van der Waals surface area contributed by atoms with Crippen LogP contribution in [-0.2, 0) is 0 Å². The third-order valence-electron chi connectivity index (χ3n) is 3.26. The van der Waals surface area contributed by atoms with Gasteiger partial charge in [0.05, 0.1) is 26.9 Å². The third kappa shape index (κ3) is 3.19. The summed E-state index contributed by atoms with van der Waals surface area (Å²) in [6, 6.07) is 5.43. The van der Waals surface area contributed by atoms with E-state index < -0.39 is 5.78 Å². The monoisotopic (exact) mass is 382 g/mol. The molecule has 2 aromatic rings. The summed E-state index contributed by atoms with van der Waals surface area (Å²) in [4.78, 5) is 12.7. The summed E-state index contributed by atoms with van der Waals surface area (Å²) in [5, 5.41) is 19.6. The molecule has 6 nitrogen and oxygen atoms in total. The fourth-order valence-corrected chi connectivity index (χ4v) is 2.58. The molecular weight excluding hydrogens is 368 g/mol. The van der Waals surface area contributed by atoms with Crippen molar-refractivity contribution in [2.45, 2.75) is 0 Å². The Bertz CT molecular complexity index is 757. The lowest BCUT2D eigenvalue weighted by atomic mass is 10.0. The Balaban J connectivity index is 2.57. The summed E-state index contributed by atoms with van der Waals surface area (Å²) in [6.07, 6.45) is 0. The number of aromatic hydroxyl groups is 2. The minimum Gasteiger partial charge on any atom is -0.507 e. The van der Waals surface area contributed by atoms with E-state index in [2.05, 4.69) is 15.9 Å². The van der Waals surface area contributed by atoms with Gasteiger partial charge in [0, 0.05) is 16.1 Å². The van der Waals surface area contributed by atoms with Gasteiger partial charge in [0.25, 0.3) is 0 Å². The highest BCUT2D eigenvalue weighted by atomic mass is 79.9. The van der Waals surface area contributed by atoms with Crippen molar-refractivity contribution < 1.29 is 29.2 Å². The van der Waals surface area contributed by atoms with E-state index in [1.165, 1.54) is 33.5 Å². The van der Waals surface area contributed by atoms with Crippen LogP contribution in [0.15, 0.2) is 28.7 Å². The molecule has 0 heterocycles. The maximum atomic E-state index is 12.7. The van der Waals surface area contributed by atoms with Gasteiger partial charge in [-0.25, -0.2) is 0 Å². The van der Waals surface area contributed by atoms with Crippen molar-refractivity contribution >= 4 is 21.7 Å². The van der Waals surface area contributed by atoms with Crippen LogP contribution in [-0.4, -0.2) is 37.3 Å². The molecule has 0 bridgehead atoms. The number of phenolic OH excluding ortho intramolecular Hbond substituents is 2. The Hall–Kier alpha value is -2.41. The first-order chi connectivity index (χ1) is 10.9. The first kappa shape index (κ1) is 17.0. The smallest absolute Gasteiger partial charge is 0.198 e. The largest absolute Gasteiger partial charge is 0.507 e.